The number of carbonyl (C=O) groups excluding carboxylic acids is 1. The quantitative estimate of drug-likeness (QED) is 0.646. The van der Waals surface area contributed by atoms with Crippen LogP contribution in [0.3, 0.4) is 0 Å². The van der Waals surface area contributed by atoms with E-state index in [4.69, 9.17) is 14.2 Å². The zero-order chi connectivity index (χ0) is 19.5. The Labute approximate surface area is 153 Å². The van der Waals surface area contributed by atoms with Crippen molar-refractivity contribution in [3.63, 3.8) is 0 Å². The number of halogens is 1. The highest BCUT2D eigenvalue weighted by molar-refractivity contribution is 7.92. The molecular weight excluding hydrogens is 389 g/mol. The molecule has 0 radical (unpaired) electrons. The first-order valence-electron chi connectivity index (χ1n) is 7.04. The minimum absolute atomic E-state index is 0.0498. The van der Waals surface area contributed by atoms with E-state index in [-0.39, 0.29) is 33.6 Å². The van der Waals surface area contributed by atoms with E-state index in [0.717, 1.165) is 13.4 Å². The predicted octanol–water partition coefficient (Wildman–Crippen LogP) is 2.07. The largest absolute Gasteiger partial charge is 0.497 e. The first kappa shape index (κ1) is 19.9. The van der Waals surface area contributed by atoms with Gasteiger partial charge in [0.2, 0.25) is 5.88 Å². The lowest BCUT2D eigenvalue weighted by atomic mass is 10.2. The number of aromatic nitrogens is 1. The molecule has 0 fully saturated rings. The van der Waals surface area contributed by atoms with Gasteiger partial charge >= 0.3 is 5.97 Å². The molecule has 1 heterocycles. The Kier molecular flexibility index (Phi) is 6.03. The summed E-state index contributed by atoms with van der Waals surface area (Å²) < 4.78 is 61.5. The van der Waals surface area contributed by atoms with Crippen molar-refractivity contribution >= 4 is 27.3 Å². The number of methoxy groups -OCH3 is 3. The minimum Gasteiger partial charge on any atom is -0.497 e. The highest BCUT2D eigenvalue weighted by Crippen LogP contribution is 2.32. The van der Waals surface area contributed by atoms with Gasteiger partial charge in [0.1, 0.15) is 12.4 Å². The van der Waals surface area contributed by atoms with Gasteiger partial charge < -0.3 is 18.9 Å². The average Bonchev–Trinajstić information content (AvgIpc) is 3.04. The molecule has 0 spiro atoms. The summed E-state index contributed by atoms with van der Waals surface area (Å²) in [4.78, 5) is 11.9. The third kappa shape index (κ3) is 4.05. The van der Waals surface area contributed by atoms with Gasteiger partial charge in [-0.3, -0.25) is 0 Å². The fraction of sp³-hybridized carbons (Fsp3) is 0.333. The van der Waals surface area contributed by atoms with Gasteiger partial charge in [-0.1, -0.05) is 0 Å². The van der Waals surface area contributed by atoms with Crippen LogP contribution in [0.2, 0.25) is 0 Å². The second kappa shape index (κ2) is 7.87. The molecule has 142 valence electrons. The maximum absolute atomic E-state index is 14.3. The highest BCUT2D eigenvalue weighted by atomic mass is 32.2. The molecule has 26 heavy (non-hydrogen) atoms. The van der Waals surface area contributed by atoms with E-state index in [1.807, 2.05) is 0 Å². The molecule has 0 atom stereocenters. The normalized spacial score (nSPS) is 11.1. The molecule has 8 nitrogen and oxygen atoms in total. The summed E-state index contributed by atoms with van der Waals surface area (Å²) in [6.07, 6.45) is 0.934. The lowest BCUT2D eigenvalue weighted by Crippen LogP contribution is -2.09. The summed E-state index contributed by atoms with van der Waals surface area (Å²) in [6.45, 7) is -0.337. The number of hydrogen-bond donors (Lipinski definition) is 0. The Hall–Kier alpha value is -2.40. The van der Waals surface area contributed by atoms with E-state index >= 15 is 0 Å². The van der Waals surface area contributed by atoms with Gasteiger partial charge in [-0.05, 0) is 17.6 Å². The van der Waals surface area contributed by atoms with Gasteiger partial charge in [0.25, 0.3) is 0 Å². The molecule has 1 aromatic carbocycles. The third-order valence-corrected chi connectivity index (χ3v) is 5.90. The third-order valence-electron chi connectivity index (χ3n) is 3.26. The van der Waals surface area contributed by atoms with Crippen LogP contribution in [0.4, 0.5) is 4.39 Å². The standard InChI is InChI=1S/C15H16FNO7S2/c1-21-9-5-8(12(16)10(6-9)22-2)7-24-13-11(14(18)23-3)15(25-17-13)26(4,19)20/h5-6H,7H2,1-4H3. The van der Waals surface area contributed by atoms with Crippen molar-refractivity contribution < 1.29 is 36.6 Å². The van der Waals surface area contributed by atoms with E-state index in [9.17, 15) is 17.6 Å². The Morgan fingerprint density at radius 3 is 2.46 bits per heavy atom. The van der Waals surface area contributed by atoms with Crippen LogP contribution < -0.4 is 14.2 Å². The van der Waals surface area contributed by atoms with Crippen molar-refractivity contribution in [2.24, 2.45) is 0 Å². The number of nitrogens with zero attached hydrogens (tertiary/aromatic N) is 1. The highest BCUT2D eigenvalue weighted by Gasteiger charge is 2.29. The lowest BCUT2D eigenvalue weighted by molar-refractivity contribution is 0.0591. The van der Waals surface area contributed by atoms with Crippen molar-refractivity contribution in [3.05, 3.63) is 29.1 Å². The average molecular weight is 405 g/mol. The Morgan fingerprint density at radius 2 is 1.92 bits per heavy atom. The van der Waals surface area contributed by atoms with E-state index in [1.54, 1.807) is 0 Å². The number of carbonyl (C=O) groups is 1. The molecular formula is C15H16FNO7S2. The number of hydrogen-bond acceptors (Lipinski definition) is 9. The lowest BCUT2D eigenvalue weighted by Gasteiger charge is -2.11. The zero-order valence-electron chi connectivity index (χ0n) is 14.4. The van der Waals surface area contributed by atoms with Gasteiger partial charge in [0, 0.05) is 17.9 Å². The van der Waals surface area contributed by atoms with Crippen LogP contribution in [0, 0.1) is 5.82 Å². The number of rotatable bonds is 7. The molecule has 1 aromatic heterocycles. The molecule has 0 unspecified atom stereocenters. The van der Waals surface area contributed by atoms with Gasteiger partial charge in [0.15, 0.2) is 31.2 Å². The summed E-state index contributed by atoms with van der Waals surface area (Å²) in [5.74, 6) is -1.57. The van der Waals surface area contributed by atoms with Crippen molar-refractivity contribution in [1.82, 2.24) is 4.37 Å². The molecule has 0 saturated carbocycles. The fourth-order valence-corrected chi connectivity index (χ4v) is 3.80. The summed E-state index contributed by atoms with van der Waals surface area (Å²) >= 11 is 0.575. The molecule has 11 heteroatoms. The van der Waals surface area contributed by atoms with Gasteiger partial charge in [-0.15, -0.1) is 0 Å². The summed E-state index contributed by atoms with van der Waals surface area (Å²) in [5, 5.41) is 0. The monoisotopic (exact) mass is 405 g/mol. The molecule has 0 bridgehead atoms. The molecule has 0 amide bonds. The van der Waals surface area contributed by atoms with Crippen LogP contribution in [0.15, 0.2) is 16.3 Å². The Balaban J connectivity index is 2.39. The molecule has 2 rings (SSSR count). The fourth-order valence-electron chi connectivity index (χ4n) is 2.03. The minimum atomic E-state index is -3.72. The SMILES string of the molecule is COC(=O)c1c(OCc2cc(OC)cc(OC)c2F)nsc1S(C)(=O)=O. The second-order valence-electron chi connectivity index (χ2n) is 5.01. The van der Waals surface area contributed by atoms with Crippen LogP contribution in [0.1, 0.15) is 15.9 Å². The van der Waals surface area contributed by atoms with Crippen molar-refractivity contribution in [3.8, 4) is 17.4 Å². The van der Waals surface area contributed by atoms with Gasteiger partial charge in [0.05, 0.1) is 21.3 Å². The summed E-state index contributed by atoms with van der Waals surface area (Å²) in [6, 6.07) is 2.75. The van der Waals surface area contributed by atoms with Crippen LogP contribution in [0.25, 0.3) is 0 Å². The number of ether oxygens (including phenoxy) is 4. The van der Waals surface area contributed by atoms with Crippen molar-refractivity contribution in [2.45, 2.75) is 10.8 Å². The molecule has 0 aliphatic carbocycles. The van der Waals surface area contributed by atoms with Crippen LogP contribution >= 0.6 is 11.5 Å². The first-order chi connectivity index (χ1) is 12.2. The van der Waals surface area contributed by atoms with E-state index < -0.39 is 21.6 Å². The number of benzene rings is 1. The maximum Gasteiger partial charge on any atom is 0.345 e. The molecule has 0 aliphatic heterocycles. The first-order valence-corrected chi connectivity index (χ1v) is 9.70. The maximum atomic E-state index is 14.3. The predicted molar refractivity (Wildman–Crippen MR) is 90.4 cm³/mol. The topological polar surface area (TPSA) is 101 Å². The van der Waals surface area contributed by atoms with E-state index in [0.29, 0.717) is 17.3 Å². The van der Waals surface area contributed by atoms with Crippen LogP contribution in [0.5, 0.6) is 17.4 Å². The Morgan fingerprint density at radius 1 is 1.23 bits per heavy atom. The molecule has 0 aliphatic rings. The van der Waals surface area contributed by atoms with Gasteiger partial charge in [-0.2, -0.15) is 4.37 Å². The smallest absolute Gasteiger partial charge is 0.345 e. The number of sulfone groups is 1. The number of esters is 1. The Bertz CT molecular complexity index is 924. The van der Waals surface area contributed by atoms with E-state index in [1.165, 1.54) is 26.4 Å². The molecule has 2 aromatic rings. The van der Waals surface area contributed by atoms with Crippen LogP contribution in [-0.4, -0.2) is 46.3 Å². The molecule has 0 N–H and O–H groups in total. The van der Waals surface area contributed by atoms with E-state index in [2.05, 4.69) is 9.11 Å². The zero-order valence-corrected chi connectivity index (χ0v) is 16.0. The van der Waals surface area contributed by atoms with Crippen molar-refractivity contribution in [2.75, 3.05) is 27.6 Å². The molecule has 0 saturated heterocycles. The summed E-state index contributed by atoms with van der Waals surface area (Å²) in [5.41, 5.74) is -0.249. The summed E-state index contributed by atoms with van der Waals surface area (Å²) in [7, 11) is 0.0910. The second-order valence-corrected chi connectivity index (χ2v) is 7.99. The van der Waals surface area contributed by atoms with Crippen molar-refractivity contribution in [1.29, 1.82) is 0 Å². The van der Waals surface area contributed by atoms with Crippen LogP contribution in [-0.2, 0) is 21.2 Å². The van der Waals surface area contributed by atoms with Gasteiger partial charge in [-0.25, -0.2) is 17.6 Å².